The summed E-state index contributed by atoms with van der Waals surface area (Å²) in [6.07, 6.45) is 1.64. The van der Waals surface area contributed by atoms with Gasteiger partial charge in [0, 0.05) is 30.2 Å². The first-order valence-corrected chi connectivity index (χ1v) is 6.53. The molecule has 2 aromatic rings. The third-order valence-corrected chi connectivity index (χ3v) is 3.31. The maximum Gasteiger partial charge on any atom is 0.271 e. The predicted molar refractivity (Wildman–Crippen MR) is 72.0 cm³/mol. The number of aromatic nitrogens is 2. The van der Waals surface area contributed by atoms with Crippen LogP contribution in [0.5, 0.6) is 5.88 Å². The minimum absolute atomic E-state index is 0.234. The van der Waals surface area contributed by atoms with Gasteiger partial charge in [0.2, 0.25) is 5.88 Å². The maximum atomic E-state index is 11.9. The quantitative estimate of drug-likeness (QED) is 0.849. The number of methoxy groups -OCH3 is 1. The van der Waals surface area contributed by atoms with Crippen LogP contribution in [0, 0.1) is 0 Å². The Bertz CT molecular complexity index is 570. The standard InChI is InChI=1S/C12H14N4O2S/c1-18-12-8(3-2-4-14-12)6-15-11(17)9-7-19-10(5-13)16-9/h2-4,7H,5-6,13H2,1H3,(H,15,17). The van der Waals surface area contributed by atoms with Gasteiger partial charge in [-0.3, -0.25) is 4.79 Å². The van der Waals surface area contributed by atoms with Crippen LogP contribution in [-0.2, 0) is 13.1 Å². The molecule has 1 amide bonds. The zero-order chi connectivity index (χ0) is 13.7. The summed E-state index contributed by atoms with van der Waals surface area (Å²) in [6.45, 7) is 0.680. The van der Waals surface area contributed by atoms with E-state index < -0.39 is 0 Å². The Morgan fingerprint density at radius 1 is 1.58 bits per heavy atom. The van der Waals surface area contributed by atoms with Crippen molar-refractivity contribution in [2.75, 3.05) is 7.11 Å². The Morgan fingerprint density at radius 3 is 3.11 bits per heavy atom. The molecule has 6 nitrogen and oxygen atoms in total. The lowest BCUT2D eigenvalue weighted by Crippen LogP contribution is -2.23. The van der Waals surface area contributed by atoms with Gasteiger partial charge in [0.1, 0.15) is 10.7 Å². The number of hydrogen-bond donors (Lipinski definition) is 2. The normalized spacial score (nSPS) is 10.2. The van der Waals surface area contributed by atoms with Gasteiger partial charge in [0.05, 0.1) is 7.11 Å². The summed E-state index contributed by atoms with van der Waals surface area (Å²) in [4.78, 5) is 20.1. The van der Waals surface area contributed by atoms with E-state index in [9.17, 15) is 4.79 Å². The van der Waals surface area contributed by atoms with Gasteiger partial charge in [-0.05, 0) is 6.07 Å². The number of hydrogen-bond acceptors (Lipinski definition) is 6. The SMILES string of the molecule is COc1ncccc1CNC(=O)c1csc(CN)n1. The van der Waals surface area contributed by atoms with Crippen molar-refractivity contribution in [1.82, 2.24) is 15.3 Å². The highest BCUT2D eigenvalue weighted by Crippen LogP contribution is 2.13. The molecule has 0 atom stereocenters. The summed E-state index contributed by atoms with van der Waals surface area (Å²) in [7, 11) is 1.54. The predicted octanol–water partition coefficient (Wildman–Crippen LogP) is 0.935. The first kappa shape index (κ1) is 13.4. The van der Waals surface area contributed by atoms with Crippen LogP contribution in [0.25, 0.3) is 0 Å². The molecule has 100 valence electrons. The van der Waals surface area contributed by atoms with E-state index in [0.717, 1.165) is 10.6 Å². The molecule has 2 rings (SSSR count). The molecule has 2 heterocycles. The number of ether oxygens (including phenoxy) is 1. The topological polar surface area (TPSA) is 90.1 Å². The molecule has 0 aliphatic heterocycles. The van der Waals surface area contributed by atoms with E-state index >= 15 is 0 Å². The average molecular weight is 278 g/mol. The molecule has 7 heteroatoms. The number of carbonyl (C=O) groups excluding carboxylic acids is 1. The second-order valence-corrected chi connectivity index (χ2v) is 4.63. The number of thiazole rings is 1. The lowest BCUT2D eigenvalue weighted by molar-refractivity contribution is 0.0946. The number of nitrogens with two attached hydrogens (primary N) is 1. The Morgan fingerprint density at radius 2 is 2.42 bits per heavy atom. The highest BCUT2D eigenvalue weighted by molar-refractivity contribution is 7.09. The highest BCUT2D eigenvalue weighted by atomic mass is 32.1. The fourth-order valence-electron chi connectivity index (χ4n) is 1.52. The largest absolute Gasteiger partial charge is 0.481 e. The average Bonchev–Trinajstić information content (AvgIpc) is 2.94. The molecule has 0 saturated heterocycles. The Balaban J connectivity index is 2.00. The molecular formula is C12H14N4O2S. The van der Waals surface area contributed by atoms with Crippen molar-refractivity contribution in [3.63, 3.8) is 0 Å². The van der Waals surface area contributed by atoms with Crippen LogP contribution < -0.4 is 15.8 Å². The Labute approximate surface area is 114 Å². The highest BCUT2D eigenvalue weighted by Gasteiger charge is 2.11. The van der Waals surface area contributed by atoms with Gasteiger partial charge in [-0.2, -0.15) is 0 Å². The van der Waals surface area contributed by atoms with Crippen molar-refractivity contribution < 1.29 is 9.53 Å². The van der Waals surface area contributed by atoms with E-state index in [-0.39, 0.29) is 5.91 Å². The monoisotopic (exact) mass is 278 g/mol. The summed E-state index contributed by atoms with van der Waals surface area (Å²) in [5.41, 5.74) is 6.65. The summed E-state index contributed by atoms with van der Waals surface area (Å²) >= 11 is 1.37. The second kappa shape index (κ2) is 6.26. The molecule has 0 aliphatic rings. The molecule has 0 bridgehead atoms. The molecule has 3 N–H and O–H groups in total. The van der Waals surface area contributed by atoms with Gasteiger partial charge in [-0.15, -0.1) is 11.3 Å². The molecule has 0 radical (unpaired) electrons. The first-order valence-electron chi connectivity index (χ1n) is 5.65. The van der Waals surface area contributed by atoms with Crippen LogP contribution in [0.4, 0.5) is 0 Å². The van der Waals surface area contributed by atoms with E-state index in [1.54, 1.807) is 24.8 Å². The van der Waals surface area contributed by atoms with Gasteiger partial charge in [-0.25, -0.2) is 9.97 Å². The van der Waals surface area contributed by atoms with Crippen LogP contribution >= 0.6 is 11.3 Å². The van der Waals surface area contributed by atoms with E-state index in [4.69, 9.17) is 10.5 Å². The van der Waals surface area contributed by atoms with Gasteiger partial charge in [0.15, 0.2) is 0 Å². The maximum absolute atomic E-state index is 11.9. The summed E-state index contributed by atoms with van der Waals surface area (Å²) < 4.78 is 5.11. The van der Waals surface area contributed by atoms with Crippen LogP contribution in [0.1, 0.15) is 21.1 Å². The van der Waals surface area contributed by atoms with Crippen LogP contribution in [0.3, 0.4) is 0 Å². The van der Waals surface area contributed by atoms with Gasteiger partial charge in [0.25, 0.3) is 5.91 Å². The van der Waals surface area contributed by atoms with Gasteiger partial charge >= 0.3 is 0 Å². The van der Waals surface area contributed by atoms with Crippen molar-refractivity contribution in [1.29, 1.82) is 0 Å². The Hall–Kier alpha value is -1.99. The summed E-state index contributed by atoms with van der Waals surface area (Å²) in [5.74, 6) is 0.269. The van der Waals surface area contributed by atoms with Crippen molar-refractivity contribution in [3.8, 4) is 5.88 Å². The lowest BCUT2D eigenvalue weighted by atomic mass is 10.2. The van der Waals surface area contributed by atoms with E-state index in [1.165, 1.54) is 11.3 Å². The molecule has 0 unspecified atom stereocenters. The zero-order valence-electron chi connectivity index (χ0n) is 10.4. The first-order chi connectivity index (χ1) is 9.24. The Kier molecular flexibility index (Phi) is 4.43. The van der Waals surface area contributed by atoms with Crippen LogP contribution in [-0.4, -0.2) is 23.0 Å². The van der Waals surface area contributed by atoms with Crippen LogP contribution in [0.2, 0.25) is 0 Å². The molecule has 2 aromatic heterocycles. The zero-order valence-corrected chi connectivity index (χ0v) is 11.2. The second-order valence-electron chi connectivity index (χ2n) is 3.69. The molecule has 0 saturated carbocycles. The molecule has 0 aromatic carbocycles. The molecule has 19 heavy (non-hydrogen) atoms. The molecular weight excluding hydrogens is 264 g/mol. The van der Waals surface area contributed by atoms with Gasteiger partial charge in [-0.1, -0.05) is 6.07 Å². The van der Waals surface area contributed by atoms with Crippen molar-refractivity contribution >= 4 is 17.2 Å². The van der Waals surface area contributed by atoms with Crippen molar-refractivity contribution in [3.05, 3.63) is 40.0 Å². The molecule has 0 fully saturated rings. The van der Waals surface area contributed by atoms with Crippen LogP contribution in [0.15, 0.2) is 23.7 Å². The fourth-order valence-corrected chi connectivity index (χ4v) is 2.17. The third-order valence-electron chi connectivity index (χ3n) is 2.44. The fraction of sp³-hybridized carbons (Fsp3) is 0.250. The third kappa shape index (κ3) is 3.27. The number of carbonyl (C=O) groups is 1. The number of amides is 1. The van der Waals surface area contributed by atoms with Crippen molar-refractivity contribution in [2.24, 2.45) is 5.73 Å². The minimum atomic E-state index is -0.234. The number of nitrogens with zero attached hydrogens (tertiary/aromatic N) is 2. The van der Waals surface area contributed by atoms with Gasteiger partial charge < -0.3 is 15.8 Å². The minimum Gasteiger partial charge on any atom is -0.481 e. The number of pyridine rings is 1. The smallest absolute Gasteiger partial charge is 0.271 e. The summed E-state index contributed by atoms with van der Waals surface area (Å²) in [5, 5.41) is 5.20. The van der Waals surface area contributed by atoms with Crippen molar-refractivity contribution in [2.45, 2.75) is 13.1 Å². The lowest BCUT2D eigenvalue weighted by Gasteiger charge is -2.07. The van der Waals surface area contributed by atoms with E-state index in [2.05, 4.69) is 15.3 Å². The van der Waals surface area contributed by atoms with E-state index in [0.29, 0.717) is 24.7 Å². The molecule has 0 aliphatic carbocycles. The summed E-state index contributed by atoms with van der Waals surface area (Å²) in [6, 6.07) is 3.64. The number of nitrogens with one attached hydrogen (secondary N) is 1. The number of rotatable bonds is 5. The van der Waals surface area contributed by atoms with E-state index in [1.807, 2.05) is 6.07 Å². The molecule has 0 spiro atoms.